The number of phenols is 1. The lowest BCUT2D eigenvalue weighted by atomic mass is 9.93. The molecule has 0 saturated carbocycles. The molecule has 2 atom stereocenters. The van der Waals surface area contributed by atoms with E-state index < -0.39 is 18.0 Å². The summed E-state index contributed by atoms with van der Waals surface area (Å²) in [5, 5.41) is 10.8. The van der Waals surface area contributed by atoms with Crippen molar-refractivity contribution in [3.8, 4) is 11.5 Å². The van der Waals surface area contributed by atoms with Gasteiger partial charge in [-0.25, -0.2) is 14.5 Å². The van der Waals surface area contributed by atoms with Crippen LogP contribution in [0.5, 0.6) is 11.5 Å². The number of carbonyl (C=O) groups is 3. The van der Waals surface area contributed by atoms with Gasteiger partial charge in [-0.2, -0.15) is 0 Å². The highest BCUT2D eigenvalue weighted by molar-refractivity contribution is 5.98. The van der Waals surface area contributed by atoms with E-state index >= 15 is 0 Å². The Balaban J connectivity index is 1.47. The Morgan fingerprint density at radius 3 is 2.67 bits per heavy atom. The molecular weight excluding hydrogens is 462 g/mol. The van der Waals surface area contributed by atoms with E-state index in [-0.39, 0.29) is 36.5 Å². The third kappa shape index (κ3) is 4.80. The van der Waals surface area contributed by atoms with Gasteiger partial charge in [0, 0.05) is 17.0 Å². The number of benzene rings is 2. The van der Waals surface area contributed by atoms with E-state index in [1.165, 1.54) is 12.0 Å². The molecule has 1 saturated heterocycles. The lowest BCUT2D eigenvalue weighted by Gasteiger charge is -2.23. The molecule has 2 aliphatic heterocycles. The van der Waals surface area contributed by atoms with Gasteiger partial charge < -0.3 is 19.3 Å². The molecule has 2 aromatic rings. The number of amides is 2. The third-order valence-corrected chi connectivity index (χ3v) is 6.86. The third-order valence-electron chi connectivity index (χ3n) is 6.86. The van der Waals surface area contributed by atoms with Crippen molar-refractivity contribution in [1.82, 2.24) is 4.90 Å². The molecule has 0 radical (unpaired) electrons. The zero-order valence-corrected chi connectivity index (χ0v) is 21.0. The van der Waals surface area contributed by atoms with Crippen LogP contribution in [-0.2, 0) is 33.7 Å². The quantitative estimate of drug-likeness (QED) is 0.427. The number of esters is 1. The van der Waals surface area contributed by atoms with Gasteiger partial charge in [0.25, 0.3) is 0 Å². The van der Waals surface area contributed by atoms with Crippen LogP contribution in [0.25, 0.3) is 0 Å². The highest BCUT2D eigenvalue weighted by atomic mass is 16.6. The van der Waals surface area contributed by atoms with Crippen LogP contribution in [-0.4, -0.2) is 47.7 Å². The van der Waals surface area contributed by atoms with Gasteiger partial charge >= 0.3 is 12.1 Å². The number of nitrogens with zero attached hydrogens (tertiary/aromatic N) is 1. The smallest absolute Gasteiger partial charge is 0.416 e. The molecule has 2 amide bonds. The van der Waals surface area contributed by atoms with Crippen molar-refractivity contribution < 1.29 is 33.7 Å². The van der Waals surface area contributed by atoms with Crippen LogP contribution in [0, 0.1) is 12.8 Å². The molecule has 190 valence electrons. The summed E-state index contributed by atoms with van der Waals surface area (Å²) in [5.74, 6) is -0.884. The first kappa shape index (κ1) is 25.3. The molecule has 8 nitrogen and oxygen atoms in total. The van der Waals surface area contributed by atoms with E-state index in [1.54, 1.807) is 6.92 Å². The molecule has 2 aliphatic rings. The second kappa shape index (κ2) is 10.4. The van der Waals surface area contributed by atoms with Crippen molar-refractivity contribution in [2.24, 2.45) is 5.92 Å². The molecule has 4 rings (SSSR count). The molecular formula is C28H31NO7. The lowest BCUT2D eigenvalue weighted by molar-refractivity contribution is -0.132. The first-order valence-corrected chi connectivity index (χ1v) is 12.0. The van der Waals surface area contributed by atoms with E-state index in [0.717, 1.165) is 16.7 Å². The molecule has 2 heterocycles. The number of carbonyl (C=O) groups excluding carboxylic acids is 3. The number of hydrogen-bond acceptors (Lipinski definition) is 7. The van der Waals surface area contributed by atoms with Gasteiger partial charge in [-0.3, -0.25) is 4.79 Å². The van der Waals surface area contributed by atoms with Gasteiger partial charge in [0.1, 0.15) is 30.3 Å². The summed E-state index contributed by atoms with van der Waals surface area (Å²) in [4.78, 5) is 39.0. The predicted octanol–water partition coefficient (Wildman–Crippen LogP) is 4.48. The SMILES string of the molecule is COc1c(C)c2c(c(O)c1C/C=C(\C)CC(C)C(=O)N1C(=O)OCC1Cc1ccccc1)C(=O)OC2. The Bertz CT molecular complexity index is 1220. The fourth-order valence-corrected chi connectivity index (χ4v) is 4.96. The number of fused-ring (bicyclic) bond motifs is 1. The van der Waals surface area contributed by atoms with Crippen LogP contribution in [0.15, 0.2) is 42.0 Å². The molecule has 1 N–H and O–H groups in total. The monoisotopic (exact) mass is 493 g/mol. The number of imide groups is 1. The predicted molar refractivity (Wildman–Crippen MR) is 132 cm³/mol. The van der Waals surface area contributed by atoms with Crippen LogP contribution >= 0.6 is 0 Å². The Kier molecular flexibility index (Phi) is 7.33. The van der Waals surface area contributed by atoms with Crippen molar-refractivity contribution in [1.29, 1.82) is 0 Å². The average Bonchev–Trinajstić information content (AvgIpc) is 3.43. The van der Waals surface area contributed by atoms with E-state index in [9.17, 15) is 19.5 Å². The van der Waals surface area contributed by atoms with Gasteiger partial charge in [-0.1, -0.05) is 48.9 Å². The number of hydrogen-bond donors (Lipinski definition) is 1. The van der Waals surface area contributed by atoms with Crippen molar-refractivity contribution in [3.63, 3.8) is 0 Å². The number of rotatable bonds is 8. The zero-order valence-electron chi connectivity index (χ0n) is 21.0. The molecule has 1 fully saturated rings. The van der Waals surface area contributed by atoms with E-state index in [0.29, 0.717) is 36.1 Å². The highest BCUT2D eigenvalue weighted by Crippen LogP contribution is 2.42. The van der Waals surface area contributed by atoms with Crippen molar-refractivity contribution >= 4 is 18.0 Å². The lowest BCUT2D eigenvalue weighted by Crippen LogP contribution is -2.43. The Hall–Kier alpha value is -3.81. The molecule has 36 heavy (non-hydrogen) atoms. The number of phenolic OH excluding ortho intramolecular Hbond substituents is 1. The van der Waals surface area contributed by atoms with Gasteiger partial charge in [-0.15, -0.1) is 0 Å². The normalized spacial score (nSPS) is 18.1. The second-order valence-electron chi connectivity index (χ2n) is 9.40. The minimum atomic E-state index is -0.607. The minimum Gasteiger partial charge on any atom is -0.507 e. The maximum absolute atomic E-state index is 13.2. The molecule has 0 aliphatic carbocycles. The maximum Gasteiger partial charge on any atom is 0.416 e. The topological polar surface area (TPSA) is 102 Å². The number of cyclic esters (lactones) is 2. The molecule has 2 unspecified atom stereocenters. The molecule has 0 spiro atoms. The zero-order chi connectivity index (χ0) is 26.0. The van der Waals surface area contributed by atoms with Crippen LogP contribution in [0.2, 0.25) is 0 Å². The Morgan fingerprint density at radius 2 is 1.97 bits per heavy atom. The number of ether oxygens (including phenoxy) is 3. The summed E-state index contributed by atoms with van der Waals surface area (Å²) in [5.41, 5.74) is 4.03. The molecule has 0 aromatic heterocycles. The highest BCUT2D eigenvalue weighted by Gasteiger charge is 2.39. The van der Waals surface area contributed by atoms with Gasteiger partial charge in [0.15, 0.2) is 0 Å². The summed E-state index contributed by atoms with van der Waals surface area (Å²) in [6.45, 7) is 5.81. The van der Waals surface area contributed by atoms with Crippen LogP contribution in [0.1, 0.15) is 52.9 Å². The van der Waals surface area contributed by atoms with Gasteiger partial charge in [0.2, 0.25) is 5.91 Å². The fraction of sp³-hybridized carbons (Fsp3) is 0.393. The Labute approximate surface area is 210 Å². The van der Waals surface area contributed by atoms with E-state index in [4.69, 9.17) is 14.2 Å². The van der Waals surface area contributed by atoms with Crippen LogP contribution < -0.4 is 4.74 Å². The summed E-state index contributed by atoms with van der Waals surface area (Å²) in [7, 11) is 1.52. The first-order chi connectivity index (χ1) is 17.2. The first-order valence-electron chi connectivity index (χ1n) is 12.0. The summed E-state index contributed by atoms with van der Waals surface area (Å²) in [6, 6.07) is 9.36. The van der Waals surface area contributed by atoms with Gasteiger partial charge in [-0.05, 0) is 44.2 Å². The number of allylic oxidation sites excluding steroid dienone is 2. The van der Waals surface area contributed by atoms with Crippen LogP contribution in [0.3, 0.4) is 0 Å². The van der Waals surface area contributed by atoms with E-state index in [2.05, 4.69) is 0 Å². The van der Waals surface area contributed by atoms with Crippen LogP contribution in [0.4, 0.5) is 4.79 Å². The molecule has 2 aromatic carbocycles. The average molecular weight is 494 g/mol. The van der Waals surface area contributed by atoms with Crippen molar-refractivity contribution in [2.75, 3.05) is 13.7 Å². The summed E-state index contributed by atoms with van der Waals surface area (Å²) >= 11 is 0. The largest absolute Gasteiger partial charge is 0.507 e. The maximum atomic E-state index is 13.2. The second-order valence-corrected chi connectivity index (χ2v) is 9.40. The molecule has 0 bridgehead atoms. The number of methoxy groups -OCH3 is 1. The van der Waals surface area contributed by atoms with Crippen molar-refractivity contribution in [3.05, 3.63) is 69.8 Å². The summed E-state index contributed by atoms with van der Waals surface area (Å²) in [6.07, 6.45) is 2.57. The number of aromatic hydroxyl groups is 1. The van der Waals surface area contributed by atoms with E-state index in [1.807, 2.05) is 50.3 Å². The van der Waals surface area contributed by atoms with Crippen molar-refractivity contribution in [2.45, 2.75) is 52.7 Å². The Morgan fingerprint density at radius 1 is 1.25 bits per heavy atom. The fourth-order valence-electron chi connectivity index (χ4n) is 4.96. The summed E-state index contributed by atoms with van der Waals surface area (Å²) < 4.78 is 15.8. The minimum absolute atomic E-state index is 0.114. The molecule has 8 heteroatoms. The standard InChI is InChI=1S/C28H31NO7/c1-16(10-11-21-24(30)23-22(15-35-27(23)32)18(3)25(21)34-4)12-17(2)26(31)29-20(14-36-28(29)33)13-19-8-6-5-7-9-19/h5-10,17,20,30H,11-15H2,1-4H3/b16-10+. The van der Waals surface area contributed by atoms with Gasteiger partial charge in [0.05, 0.1) is 13.2 Å².